The van der Waals surface area contributed by atoms with Crippen molar-refractivity contribution in [1.82, 2.24) is 9.55 Å². The van der Waals surface area contributed by atoms with Gasteiger partial charge in [-0.05, 0) is 38.8 Å². The molecule has 0 aliphatic heterocycles. The van der Waals surface area contributed by atoms with E-state index in [4.69, 9.17) is 4.98 Å². The van der Waals surface area contributed by atoms with Crippen molar-refractivity contribution in [3.63, 3.8) is 0 Å². The number of thioether (sulfide) groups is 1. The molecule has 3 aromatic rings. The smallest absolute Gasteiger partial charge is 0.262 e. The minimum atomic E-state index is -0.316. The van der Waals surface area contributed by atoms with Crippen LogP contribution >= 0.6 is 11.8 Å². The lowest BCUT2D eigenvalue weighted by Gasteiger charge is -2.20. The predicted octanol–water partition coefficient (Wildman–Crippen LogP) is 5.18. The Bertz CT molecular complexity index is 1070. The van der Waals surface area contributed by atoms with Gasteiger partial charge in [-0.25, -0.2) is 4.98 Å². The summed E-state index contributed by atoms with van der Waals surface area (Å²) in [5.41, 5.74) is 2.53. The maximum absolute atomic E-state index is 13.2. The molecule has 0 N–H and O–H groups in total. The summed E-state index contributed by atoms with van der Waals surface area (Å²) in [5, 5.41) is 0.989. The molecule has 0 radical (unpaired) electrons. The summed E-state index contributed by atoms with van der Waals surface area (Å²) >= 11 is 1.40. The Morgan fingerprint density at radius 3 is 2.50 bits per heavy atom. The summed E-state index contributed by atoms with van der Waals surface area (Å²) in [6.07, 6.45) is 4.25. The van der Waals surface area contributed by atoms with Gasteiger partial charge in [0.1, 0.15) is 0 Å². The Hall–Kier alpha value is -2.40. The molecule has 1 saturated carbocycles. The summed E-state index contributed by atoms with van der Waals surface area (Å²) in [4.78, 5) is 30.9. The molecule has 0 bridgehead atoms. The zero-order valence-corrected chi connectivity index (χ0v) is 17.0. The zero-order chi connectivity index (χ0) is 19.7. The Balaban J connectivity index is 1.72. The summed E-state index contributed by atoms with van der Waals surface area (Å²) in [6.45, 7) is 3.90. The first-order valence-corrected chi connectivity index (χ1v) is 10.7. The van der Waals surface area contributed by atoms with Crippen molar-refractivity contribution in [3.8, 4) is 0 Å². The van der Waals surface area contributed by atoms with Gasteiger partial charge in [0.15, 0.2) is 10.9 Å². The number of fused-ring (bicyclic) bond motifs is 1. The number of para-hydroxylation sites is 1. The molecule has 144 valence electrons. The van der Waals surface area contributed by atoms with Crippen LogP contribution in [-0.4, -0.2) is 20.6 Å². The van der Waals surface area contributed by atoms with Crippen molar-refractivity contribution in [2.45, 2.75) is 56.0 Å². The van der Waals surface area contributed by atoms with E-state index in [9.17, 15) is 9.59 Å². The van der Waals surface area contributed by atoms with Crippen molar-refractivity contribution in [1.29, 1.82) is 0 Å². The predicted molar refractivity (Wildman–Crippen MR) is 114 cm³/mol. The molecule has 28 heavy (non-hydrogen) atoms. The van der Waals surface area contributed by atoms with Gasteiger partial charge >= 0.3 is 0 Å². The zero-order valence-electron chi connectivity index (χ0n) is 16.2. The molecular formula is C23H24N2O2S. The van der Waals surface area contributed by atoms with E-state index in [2.05, 4.69) is 0 Å². The molecule has 1 unspecified atom stereocenters. The molecule has 0 saturated heterocycles. The fourth-order valence-corrected chi connectivity index (χ4v) is 4.91. The van der Waals surface area contributed by atoms with Crippen molar-refractivity contribution in [3.05, 3.63) is 70.0 Å². The number of hydrogen-bond donors (Lipinski definition) is 0. The second-order valence-corrected chi connectivity index (χ2v) is 8.82. The second-order valence-electron chi connectivity index (χ2n) is 7.52. The van der Waals surface area contributed by atoms with Crippen LogP contribution in [0.1, 0.15) is 54.6 Å². The minimum absolute atomic E-state index is 0.00925. The van der Waals surface area contributed by atoms with Gasteiger partial charge in [0.2, 0.25) is 0 Å². The van der Waals surface area contributed by atoms with Gasteiger partial charge in [-0.2, -0.15) is 0 Å². The van der Waals surface area contributed by atoms with Crippen molar-refractivity contribution >= 4 is 28.4 Å². The van der Waals surface area contributed by atoms with Gasteiger partial charge in [-0.1, -0.05) is 66.6 Å². The number of hydrogen-bond acceptors (Lipinski definition) is 4. The van der Waals surface area contributed by atoms with Crippen LogP contribution in [0.2, 0.25) is 0 Å². The Kier molecular flexibility index (Phi) is 5.36. The highest BCUT2D eigenvalue weighted by atomic mass is 32.2. The number of ketones is 1. The van der Waals surface area contributed by atoms with E-state index in [0.717, 1.165) is 31.2 Å². The first-order valence-electron chi connectivity index (χ1n) is 9.83. The third kappa shape index (κ3) is 3.63. The first kappa shape index (κ1) is 18.9. The van der Waals surface area contributed by atoms with Crippen molar-refractivity contribution in [2.24, 2.45) is 0 Å². The summed E-state index contributed by atoms with van der Waals surface area (Å²) < 4.78 is 1.85. The number of carbonyl (C=O) groups excluding carboxylic acids is 1. The highest BCUT2D eigenvalue weighted by Gasteiger charge is 2.26. The number of aryl methyl sites for hydroxylation is 1. The maximum atomic E-state index is 13.2. The Morgan fingerprint density at radius 1 is 1.11 bits per heavy atom. The second kappa shape index (κ2) is 7.92. The number of nitrogens with zero attached hydrogens (tertiary/aromatic N) is 2. The SMILES string of the molecule is Cc1ccc(C(=O)C(C)Sc2nc3ccccc3c(=O)n2C2CCCC2)cc1. The summed E-state index contributed by atoms with van der Waals surface area (Å²) in [5.74, 6) is 0.0605. The number of Topliss-reactive ketones (excluding diaryl/α,β-unsaturated/α-hetero) is 1. The molecule has 0 spiro atoms. The van der Waals surface area contributed by atoms with E-state index in [1.54, 1.807) is 0 Å². The van der Waals surface area contributed by atoms with Gasteiger partial charge < -0.3 is 0 Å². The van der Waals surface area contributed by atoms with Crippen LogP contribution in [0, 0.1) is 6.92 Å². The number of benzene rings is 2. The lowest BCUT2D eigenvalue weighted by atomic mass is 10.1. The van der Waals surface area contributed by atoms with E-state index < -0.39 is 0 Å². The summed E-state index contributed by atoms with van der Waals surface area (Å²) in [7, 11) is 0. The fourth-order valence-electron chi connectivity index (χ4n) is 3.86. The molecule has 1 aliphatic rings. The van der Waals surface area contributed by atoms with E-state index in [0.29, 0.717) is 21.6 Å². The molecule has 1 aliphatic carbocycles. The van der Waals surface area contributed by atoms with E-state index >= 15 is 0 Å². The molecule has 4 rings (SSSR count). The molecule has 1 fully saturated rings. The van der Waals surface area contributed by atoms with E-state index in [1.807, 2.05) is 66.9 Å². The third-order valence-electron chi connectivity index (χ3n) is 5.45. The average Bonchev–Trinajstić information content (AvgIpc) is 3.22. The number of aromatic nitrogens is 2. The largest absolute Gasteiger partial charge is 0.293 e. The highest BCUT2D eigenvalue weighted by molar-refractivity contribution is 8.00. The van der Waals surface area contributed by atoms with Crippen molar-refractivity contribution in [2.75, 3.05) is 0 Å². The van der Waals surface area contributed by atoms with Crippen LogP contribution in [0.25, 0.3) is 10.9 Å². The quantitative estimate of drug-likeness (QED) is 0.341. The number of rotatable bonds is 5. The van der Waals surface area contributed by atoms with Crippen LogP contribution in [-0.2, 0) is 0 Å². The molecule has 1 heterocycles. The molecular weight excluding hydrogens is 368 g/mol. The minimum Gasteiger partial charge on any atom is -0.293 e. The van der Waals surface area contributed by atoms with Crippen LogP contribution < -0.4 is 5.56 Å². The average molecular weight is 393 g/mol. The molecule has 0 amide bonds. The maximum Gasteiger partial charge on any atom is 0.262 e. The normalized spacial score (nSPS) is 15.8. The number of carbonyl (C=O) groups is 1. The van der Waals surface area contributed by atoms with Gasteiger partial charge in [0.25, 0.3) is 5.56 Å². The lowest BCUT2D eigenvalue weighted by molar-refractivity contribution is 0.0994. The standard InChI is InChI=1S/C23H24N2O2S/c1-15-11-13-17(14-12-15)21(26)16(2)28-23-24-20-10-6-5-9-19(20)22(27)25(23)18-7-3-4-8-18/h5-6,9-14,16,18H,3-4,7-8H2,1-2H3. The topological polar surface area (TPSA) is 52.0 Å². The highest BCUT2D eigenvalue weighted by Crippen LogP contribution is 2.33. The van der Waals surface area contributed by atoms with Crippen LogP contribution in [0.5, 0.6) is 0 Å². The lowest BCUT2D eigenvalue weighted by Crippen LogP contribution is -2.27. The molecule has 1 aromatic heterocycles. The van der Waals surface area contributed by atoms with Crippen LogP contribution in [0.4, 0.5) is 0 Å². The molecule has 1 atom stereocenters. The van der Waals surface area contributed by atoms with Gasteiger partial charge in [-0.3, -0.25) is 14.2 Å². The van der Waals surface area contributed by atoms with Gasteiger partial charge in [-0.15, -0.1) is 0 Å². The van der Waals surface area contributed by atoms with E-state index in [-0.39, 0.29) is 22.6 Å². The Labute approximate surface area is 169 Å². The van der Waals surface area contributed by atoms with Crippen LogP contribution in [0.15, 0.2) is 58.5 Å². The monoisotopic (exact) mass is 392 g/mol. The molecule has 5 heteroatoms. The van der Waals surface area contributed by atoms with Gasteiger partial charge in [0, 0.05) is 11.6 Å². The molecule has 2 aromatic carbocycles. The molecule has 4 nitrogen and oxygen atoms in total. The van der Waals surface area contributed by atoms with E-state index in [1.165, 1.54) is 11.8 Å². The third-order valence-corrected chi connectivity index (χ3v) is 6.52. The first-order chi connectivity index (χ1) is 13.5. The van der Waals surface area contributed by atoms with Gasteiger partial charge in [0.05, 0.1) is 16.2 Å². The Morgan fingerprint density at radius 2 is 1.79 bits per heavy atom. The summed E-state index contributed by atoms with van der Waals surface area (Å²) in [6, 6.07) is 15.3. The van der Waals surface area contributed by atoms with Crippen molar-refractivity contribution < 1.29 is 4.79 Å². The van der Waals surface area contributed by atoms with Crippen LogP contribution in [0.3, 0.4) is 0 Å². The fraction of sp³-hybridized carbons (Fsp3) is 0.348.